The van der Waals surface area contributed by atoms with Crippen molar-refractivity contribution >= 4 is 34.8 Å². The summed E-state index contributed by atoms with van der Waals surface area (Å²) in [5, 5.41) is 3.47. The standard InChI is InChI=1S/C16H19N3OS.ClH/c1-10(17)15(20)19-16-18-13-8-7-12(9-14(13)21-16)11-5-3-2-4-6-11;/h2-6,10,12H,7-9,17H2,1H3,(H,18,19,20);1H/t10-,12?;/m1./s1. The Morgan fingerprint density at radius 2 is 2.14 bits per heavy atom. The third-order valence-electron chi connectivity index (χ3n) is 3.85. The number of hydrogen-bond acceptors (Lipinski definition) is 4. The molecule has 0 saturated carbocycles. The van der Waals surface area contributed by atoms with Gasteiger partial charge in [-0.1, -0.05) is 30.3 Å². The van der Waals surface area contributed by atoms with Crippen molar-refractivity contribution in [3.63, 3.8) is 0 Å². The molecule has 4 nitrogen and oxygen atoms in total. The number of thiazole rings is 1. The summed E-state index contributed by atoms with van der Waals surface area (Å²) in [7, 11) is 0. The van der Waals surface area contributed by atoms with Gasteiger partial charge in [0, 0.05) is 4.88 Å². The van der Waals surface area contributed by atoms with Crippen LogP contribution in [0.1, 0.15) is 35.4 Å². The first-order chi connectivity index (χ1) is 10.1. The molecular weight excluding hydrogens is 318 g/mol. The highest BCUT2D eigenvalue weighted by molar-refractivity contribution is 7.15. The highest BCUT2D eigenvalue weighted by Gasteiger charge is 2.24. The van der Waals surface area contributed by atoms with Gasteiger partial charge in [-0.15, -0.1) is 23.7 Å². The summed E-state index contributed by atoms with van der Waals surface area (Å²) in [6, 6.07) is 10.1. The van der Waals surface area contributed by atoms with E-state index in [0.717, 1.165) is 25.0 Å². The second-order valence-corrected chi connectivity index (χ2v) is 6.60. The summed E-state index contributed by atoms with van der Waals surface area (Å²) in [4.78, 5) is 17.5. The maximum atomic E-state index is 11.6. The largest absolute Gasteiger partial charge is 0.320 e. The number of halogens is 1. The molecule has 0 fully saturated rings. The van der Waals surface area contributed by atoms with Crippen LogP contribution in [0.3, 0.4) is 0 Å². The minimum absolute atomic E-state index is 0. The molecule has 2 atom stereocenters. The van der Waals surface area contributed by atoms with E-state index in [0.29, 0.717) is 11.0 Å². The number of benzene rings is 1. The molecule has 0 bridgehead atoms. The molecule has 118 valence electrons. The first-order valence-electron chi connectivity index (χ1n) is 7.23. The lowest BCUT2D eigenvalue weighted by molar-refractivity contribution is -0.117. The first-order valence-corrected chi connectivity index (χ1v) is 8.05. The van der Waals surface area contributed by atoms with Crippen molar-refractivity contribution < 1.29 is 4.79 Å². The molecular formula is C16H20ClN3OS. The summed E-state index contributed by atoms with van der Waals surface area (Å²) in [5.41, 5.74) is 8.09. The number of aryl methyl sites for hydroxylation is 1. The number of anilines is 1. The Labute approximate surface area is 140 Å². The van der Waals surface area contributed by atoms with Gasteiger partial charge in [0.1, 0.15) is 0 Å². The number of aromatic nitrogens is 1. The fraction of sp³-hybridized carbons (Fsp3) is 0.375. The number of nitrogens with zero attached hydrogens (tertiary/aromatic N) is 1. The van der Waals surface area contributed by atoms with Gasteiger partial charge in [0.15, 0.2) is 5.13 Å². The van der Waals surface area contributed by atoms with E-state index in [4.69, 9.17) is 5.73 Å². The zero-order valence-corrected chi connectivity index (χ0v) is 14.0. The Balaban J connectivity index is 0.00000176. The number of hydrogen-bond donors (Lipinski definition) is 2. The Morgan fingerprint density at radius 1 is 1.41 bits per heavy atom. The molecule has 6 heteroatoms. The molecule has 0 spiro atoms. The van der Waals surface area contributed by atoms with Crippen LogP contribution in [0.15, 0.2) is 30.3 Å². The van der Waals surface area contributed by atoms with E-state index in [-0.39, 0.29) is 18.3 Å². The van der Waals surface area contributed by atoms with E-state index in [1.807, 2.05) is 6.07 Å². The summed E-state index contributed by atoms with van der Waals surface area (Å²) in [5.74, 6) is 0.372. The lowest BCUT2D eigenvalue weighted by Gasteiger charge is -2.21. The van der Waals surface area contributed by atoms with Gasteiger partial charge in [0.2, 0.25) is 5.91 Å². The molecule has 0 aliphatic heterocycles. The summed E-state index contributed by atoms with van der Waals surface area (Å²) in [6.45, 7) is 1.67. The smallest absolute Gasteiger partial charge is 0.242 e. The Morgan fingerprint density at radius 3 is 2.82 bits per heavy atom. The SMILES string of the molecule is C[C@@H](N)C(=O)Nc1nc2c(s1)CC(c1ccccc1)CC2.Cl. The van der Waals surface area contributed by atoms with Crippen molar-refractivity contribution in [2.75, 3.05) is 5.32 Å². The topological polar surface area (TPSA) is 68.0 Å². The summed E-state index contributed by atoms with van der Waals surface area (Å²) < 4.78 is 0. The van der Waals surface area contributed by atoms with Crippen LogP contribution in [0.2, 0.25) is 0 Å². The van der Waals surface area contributed by atoms with E-state index in [2.05, 4.69) is 34.6 Å². The lowest BCUT2D eigenvalue weighted by Crippen LogP contribution is -2.32. The number of rotatable bonds is 3. The maximum Gasteiger partial charge on any atom is 0.242 e. The number of amides is 1. The predicted octanol–water partition coefficient (Wildman–Crippen LogP) is 3.12. The molecule has 1 heterocycles. The van der Waals surface area contributed by atoms with Crippen LogP contribution in [0.25, 0.3) is 0 Å². The second kappa shape index (κ2) is 7.22. The molecule has 0 saturated heterocycles. The van der Waals surface area contributed by atoms with E-state index in [1.165, 1.54) is 10.4 Å². The van der Waals surface area contributed by atoms with E-state index < -0.39 is 6.04 Å². The Kier molecular flexibility index (Phi) is 5.56. The van der Waals surface area contributed by atoms with E-state index in [1.54, 1.807) is 18.3 Å². The van der Waals surface area contributed by atoms with Crippen molar-refractivity contribution in [1.82, 2.24) is 4.98 Å². The second-order valence-electron chi connectivity index (χ2n) is 5.52. The fourth-order valence-corrected chi connectivity index (χ4v) is 3.75. The molecule has 22 heavy (non-hydrogen) atoms. The van der Waals surface area contributed by atoms with Crippen LogP contribution in [0.4, 0.5) is 5.13 Å². The van der Waals surface area contributed by atoms with Gasteiger partial charge in [0.25, 0.3) is 0 Å². The maximum absolute atomic E-state index is 11.6. The Bertz CT molecular complexity index is 642. The fourth-order valence-electron chi connectivity index (χ4n) is 2.66. The number of carbonyl (C=O) groups excluding carboxylic acids is 1. The summed E-state index contributed by atoms with van der Waals surface area (Å²) in [6.07, 6.45) is 3.09. The summed E-state index contributed by atoms with van der Waals surface area (Å²) >= 11 is 1.58. The predicted molar refractivity (Wildman–Crippen MR) is 92.8 cm³/mol. The van der Waals surface area contributed by atoms with Crippen LogP contribution >= 0.6 is 23.7 Å². The van der Waals surface area contributed by atoms with Gasteiger partial charge in [-0.3, -0.25) is 4.79 Å². The molecule has 3 N–H and O–H groups in total. The monoisotopic (exact) mass is 337 g/mol. The molecule has 1 unspecified atom stereocenters. The highest BCUT2D eigenvalue weighted by Crippen LogP contribution is 2.36. The first kappa shape index (κ1) is 16.9. The van der Waals surface area contributed by atoms with Crippen LogP contribution in [-0.2, 0) is 17.6 Å². The van der Waals surface area contributed by atoms with Crippen LogP contribution < -0.4 is 11.1 Å². The van der Waals surface area contributed by atoms with Gasteiger partial charge in [-0.2, -0.15) is 0 Å². The van der Waals surface area contributed by atoms with Crippen molar-refractivity contribution in [2.24, 2.45) is 5.73 Å². The lowest BCUT2D eigenvalue weighted by atomic mass is 9.85. The van der Waals surface area contributed by atoms with E-state index >= 15 is 0 Å². The quantitative estimate of drug-likeness (QED) is 0.904. The van der Waals surface area contributed by atoms with Gasteiger partial charge in [-0.05, 0) is 37.7 Å². The highest BCUT2D eigenvalue weighted by atomic mass is 35.5. The number of carbonyl (C=O) groups is 1. The molecule has 3 rings (SSSR count). The van der Waals surface area contributed by atoms with Gasteiger partial charge < -0.3 is 11.1 Å². The molecule has 1 aromatic carbocycles. The molecule has 2 aromatic rings. The van der Waals surface area contributed by atoms with Crippen molar-refractivity contribution in [2.45, 2.75) is 38.1 Å². The van der Waals surface area contributed by atoms with Crippen molar-refractivity contribution in [3.8, 4) is 0 Å². The van der Waals surface area contributed by atoms with Gasteiger partial charge >= 0.3 is 0 Å². The van der Waals surface area contributed by atoms with Crippen LogP contribution in [0.5, 0.6) is 0 Å². The number of nitrogens with two attached hydrogens (primary N) is 1. The van der Waals surface area contributed by atoms with E-state index in [9.17, 15) is 4.79 Å². The molecule has 1 aromatic heterocycles. The Hall–Kier alpha value is -1.43. The van der Waals surface area contributed by atoms with Crippen LogP contribution in [0, 0.1) is 0 Å². The minimum atomic E-state index is -0.511. The van der Waals surface area contributed by atoms with Crippen molar-refractivity contribution in [3.05, 3.63) is 46.5 Å². The number of fused-ring (bicyclic) bond motifs is 1. The average Bonchev–Trinajstić information content (AvgIpc) is 2.89. The zero-order valence-electron chi connectivity index (χ0n) is 12.4. The molecule has 0 radical (unpaired) electrons. The molecule has 1 aliphatic carbocycles. The van der Waals surface area contributed by atoms with Crippen LogP contribution in [-0.4, -0.2) is 16.9 Å². The van der Waals surface area contributed by atoms with Gasteiger partial charge in [-0.25, -0.2) is 4.98 Å². The number of nitrogens with one attached hydrogen (secondary N) is 1. The van der Waals surface area contributed by atoms with Crippen molar-refractivity contribution in [1.29, 1.82) is 0 Å². The van der Waals surface area contributed by atoms with Gasteiger partial charge in [0.05, 0.1) is 11.7 Å². The third kappa shape index (κ3) is 3.66. The normalized spacial score (nSPS) is 18.0. The third-order valence-corrected chi connectivity index (χ3v) is 4.89. The zero-order chi connectivity index (χ0) is 14.8. The average molecular weight is 338 g/mol. The minimum Gasteiger partial charge on any atom is -0.320 e. The molecule has 1 amide bonds. The molecule has 1 aliphatic rings.